The normalized spacial score (nSPS) is 16.2. The molecule has 0 spiro atoms. The van der Waals surface area contributed by atoms with Crippen molar-refractivity contribution in [3.8, 4) is 0 Å². The Bertz CT molecular complexity index is 281. The van der Waals surface area contributed by atoms with Crippen LogP contribution in [0.25, 0.3) is 0 Å². The second-order valence-corrected chi connectivity index (χ2v) is 7.62. The SMILES string of the molecule is CCCC(CO[N+](=O)OCC(CCC)CC(C)CC)CC(C)CC. The molecule has 4 heteroatoms. The Morgan fingerprint density at radius 1 is 0.750 bits per heavy atom. The molecule has 0 heterocycles. The summed E-state index contributed by atoms with van der Waals surface area (Å²) >= 11 is 0. The Labute approximate surface area is 150 Å². The highest BCUT2D eigenvalue weighted by atomic mass is 17.0. The third-order valence-corrected chi connectivity index (χ3v) is 5.09. The summed E-state index contributed by atoms with van der Waals surface area (Å²) in [5, 5.41) is 0.360. The first-order valence-electron chi connectivity index (χ1n) is 10.2. The minimum Gasteiger partial charge on any atom is -0.186 e. The van der Waals surface area contributed by atoms with Crippen LogP contribution in [0, 0.1) is 28.6 Å². The zero-order valence-corrected chi connectivity index (χ0v) is 17.1. The minimum absolute atomic E-state index is 0.360. The lowest BCUT2D eigenvalue weighted by Gasteiger charge is -2.17. The standard InChI is InChI=1S/C20H42NO3/c1-7-11-19(13-17(5)9-3)15-23-21(22)24-16-20(12-8-2)14-18(6)10-4/h17-20H,7-16H2,1-6H3/q+1. The van der Waals surface area contributed by atoms with Crippen molar-refractivity contribution in [3.05, 3.63) is 4.91 Å². The Morgan fingerprint density at radius 2 is 1.12 bits per heavy atom. The smallest absolute Gasteiger partial charge is 0.186 e. The van der Waals surface area contributed by atoms with Gasteiger partial charge in [-0.05, 0) is 37.5 Å². The van der Waals surface area contributed by atoms with Crippen molar-refractivity contribution in [2.45, 2.75) is 92.9 Å². The van der Waals surface area contributed by atoms with Gasteiger partial charge in [0.2, 0.25) is 0 Å². The van der Waals surface area contributed by atoms with Gasteiger partial charge >= 0.3 is 5.09 Å². The van der Waals surface area contributed by atoms with Gasteiger partial charge in [0, 0.05) is 11.8 Å². The van der Waals surface area contributed by atoms with Gasteiger partial charge in [-0.2, -0.15) is 9.68 Å². The molecule has 0 N–H and O–H groups in total. The van der Waals surface area contributed by atoms with Crippen LogP contribution in [0.15, 0.2) is 0 Å². The van der Waals surface area contributed by atoms with Crippen LogP contribution < -0.4 is 0 Å². The molecule has 0 aliphatic rings. The molecule has 0 fully saturated rings. The molecule has 0 aromatic heterocycles. The third-order valence-electron chi connectivity index (χ3n) is 5.09. The second-order valence-electron chi connectivity index (χ2n) is 7.62. The molecule has 0 rings (SSSR count). The molecule has 0 radical (unpaired) electrons. The fourth-order valence-corrected chi connectivity index (χ4v) is 3.20. The van der Waals surface area contributed by atoms with Gasteiger partial charge in [0.1, 0.15) is 4.91 Å². The van der Waals surface area contributed by atoms with E-state index in [1.807, 2.05) is 0 Å². The van der Waals surface area contributed by atoms with Gasteiger partial charge in [0.25, 0.3) is 0 Å². The zero-order chi connectivity index (χ0) is 18.4. The average molecular weight is 345 g/mol. The summed E-state index contributed by atoms with van der Waals surface area (Å²) in [7, 11) is 0. The number of hydrogen-bond acceptors (Lipinski definition) is 3. The molecule has 0 aliphatic heterocycles. The van der Waals surface area contributed by atoms with E-state index in [1.165, 1.54) is 12.8 Å². The Hall–Kier alpha value is -0.800. The third kappa shape index (κ3) is 11.7. The van der Waals surface area contributed by atoms with Crippen LogP contribution in [0.3, 0.4) is 0 Å². The highest BCUT2D eigenvalue weighted by Crippen LogP contribution is 2.21. The summed E-state index contributed by atoms with van der Waals surface area (Å²) in [5.74, 6) is 2.24. The highest BCUT2D eigenvalue weighted by molar-refractivity contribution is 4.62. The van der Waals surface area contributed by atoms with Gasteiger partial charge < -0.3 is 0 Å². The van der Waals surface area contributed by atoms with Crippen molar-refractivity contribution in [2.24, 2.45) is 23.7 Å². The van der Waals surface area contributed by atoms with Crippen LogP contribution in [0.4, 0.5) is 0 Å². The molecule has 0 saturated heterocycles. The van der Waals surface area contributed by atoms with Crippen LogP contribution in [-0.2, 0) is 9.68 Å². The monoisotopic (exact) mass is 344 g/mol. The number of hydrogen-bond donors (Lipinski definition) is 0. The summed E-state index contributed by atoms with van der Waals surface area (Å²) in [6, 6.07) is 0. The largest absolute Gasteiger partial charge is 0.477 e. The summed E-state index contributed by atoms with van der Waals surface area (Å²) in [6.45, 7) is 14.2. The molecule has 4 nitrogen and oxygen atoms in total. The van der Waals surface area contributed by atoms with Crippen LogP contribution in [-0.4, -0.2) is 18.3 Å². The Balaban J connectivity index is 4.19. The summed E-state index contributed by atoms with van der Waals surface area (Å²) in [5.41, 5.74) is 0. The molecular formula is C20H42NO3+. The van der Waals surface area contributed by atoms with Gasteiger partial charge in [-0.1, -0.05) is 67.2 Å². The van der Waals surface area contributed by atoms with Gasteiger partial charge in [0.05, 0.1) is 0 Å². The lowest BCUT2D eigenvalue weighted by Crippen LogP contribution is -2.22. The van der Waals surface area contributed by atoms with E-state index in [9.17, 15) is 4.91 Å². The Morgan fingerprint density at radius 3 is 1.42 bits per heavy atom. The first-order valence-corrected chi connectivity index (χ1v) is 10.2. The summed E-state index contributed by atoms with van der Waals surface area (Å²) < 4.78 is 0. The Kier molecular flexibility index (Phi) is 14.1. The van der Waals surface area contributed by atoms with Crippen molar-refractivity contribution in [3.63, 3.8) is 0 Å². The van der Waals surface area contributed by atoms with E-state index in [-0.39, 0.29) is 0 Å². The van der Waals surface area contributed by atoms with E-state index >= 15 is 0 Å². The molecule has 4 atom stereocenters. The predicted octanol–water partition coefficient (Wildman–Crippen LogP) is 6.33. The quantitative estimate of drug-likeness (QED) is 0.307. The number of rotatable bonds is 16. The highest BCUT2D eigenvalue weighted by Gasteiger charge is 2.22. The van der Waals surface area contributed by atoms with Crippen molar-refractivity contribution in [2.75, 3.05) is 13.2 Å². The van der Waals surface area contributed by atoms with Crippen LogP contribution in [0.5, 0.6) is 0 Å². The maximum Gasteiger partial charge on any atom is 0.477 e. The van der Waals surface area contributed by atoms with Gasteiger partial charge in [-0.15, -0.1) is 0 Å². The van der Waals surface area contributed by atoms with Crippen LogP contribution >= 0.6 is 0 Å². The molecule has 0 amide bonds. The molecule has 0 bridgehead atoms. The average Bonchev–Trinajstić information content (AvgIpc) is 2.57. The van der Waals surface area contributed by atoms with E-state index in [2.05, 4.69) is 41.5 Å². The molecular weight excluding hydrogens is 302 g/mol. The first-order chi connectivity index (χ1) is 11.5. The molecule has 144 valence electrons. The molecule has 0 aromatic carbocycles. The maximum absolute atomic E-state index is 11.8. The van der Waals surface area contributed by atoms with E-state index in [0.29, 0.717) is 42.0 Å². The topological polar surface area (TPSA) is 38.5 Å². The fraction of sp³-hybridized carbons (Fsp3) is 1.00. The predicted molar refractivity (Wildman–Crippen MR) is 100 cm³/mol. The molecule has 4 unspecified atom stereocenters. The second kappa shape index (κ2) is 14.5. The summed E-state index contributed by atoms with van der Waals surface area (Å²) in [6.07, 6.45) is 9.03. The van der Waals surface area contributed by atoms with Gasteiger partial charge in [-0.3, -0.25) is 0 Å². The molecule has 0 saturated carbocycles. The van der Waals surface area contributed by atoms with Crippen molar-refractivity contribution in [1.82, 2.24) is 0 Å². The molecule has 0 aliphatic carbocycles. The van der Waals surface area contributed by atoms with Crippen molar-refractivity contribution >= 4 is 0 Å². The van der Waals surface area contributed by atoms with Gasteiger partial charge in [-0.25, -0.2) is 0 Å². The lowest BCUT2D eigenvalue weighted by molar-refractivity contribution is -0.982. The van der Waals surface area contributed by atoms with Crippen LogP contribution in [0.2, 0.25) is 0 Å². The van der Waals surface area contributed by atoms with E-state index in [0.717, 1.165) is 38.5 Å². The zero-order valence-electron chi connectivity index (χ0n) is 17.1. The van der Waals surface area contributed by atoms with E-state index in [1.54, 1.807) is 0 Å². The first kappa shape index (κ1) is 23.2. The van der Waals surface area contributed by atoms with Crippen molar-refractivity contribution < 1.29 is 14.8 Å². The van der Waals surface area contributed by atoms with Crippen LogP contribution in [0.1, 0.15) is 92.9 Å². The summed E-state index contributed by atoms with van der Waals surface area (Å²) in [4.78, 5) is 22.5. The lowest BCUT2D eigenvalue weighted by atomic mass is 9.91. The fourth-order valence-electron chi connectivity index (χ4n) is 3.20. The minimum atomic E-state index is 0.360. The van der Waals surface area contributed by atoms with Gasteiger partial charge in [0.15, 0.2) is 13.2 Å². The number of nitrogens with zero attached hydrogens (tertiary/aromatic N) is 1. The van der Waals surface area contributed by atoms with Crippen molar-refractivity contribution in [1.29, 1.82) is 0 Å². The molecule has 0 aromatic rings. The maximum atomic E-state index is 11.8. The van der Waals surface area contributed by atoms with E-state index in [4.69, 9.17) is 9.68 Å². The van der Waals surface area contributed by atoms with E-state index < -0.39 is 0 Å². The molecule has 24 heavy (non-hydrogen) atoms.